The Morgan fingerprint density at radius 3 is 0.545 bits per heavy atom. The summed E-state index contributed by atoms with van der Waals surface area (Å²) >= 11 is 0. The molecule has 74 valence electrons. The van der Waals surface area contributed by atoms with E-state index >= 15 is 0 Å². The minimum atomic E-state index is 0. The molecule has 0 heterocycles. The maximum atomic E-state index is 5.75. The number of hydrogen-bond donors (Lipinski definition) is 0. The molecule has 0 saturated carbocycles. The van der Waals surface area contributed by atoms with Gasteiger partial charge in [-0.15, -0.1) is 0 Å². The van der Waals surface area contributed by atoms with Gasteiger partial charge in [0.05, 0.1) is 0 Å². The Bertz CT molecular complexity index is 9.52. The molecule has 1 N–H and O–H groups in total. The molecule has 0 amide bonds. The van der Waals surface area contributed by atoms with E-state index in [2.05, 4.69) is 27.7 Å². The third kappa shape index (κ3) is 1230. The summed E-state index contributed by atoms with van der Waals surface area (Å²) in [5, 5.41) is 0. The van der Waals surface area contributed by atoms with Gasteiger partial charge in [0.15, 0.2) is 0 Å². The second-order valence-electron chi connectivity index (χ2n) is 0. The van der Waals surface area contributed by atoms with E-state index in [9.17, 15) is 0 Å². The van der Waals surface area contributed by atoms with Crippen LogP contribution in [0, 0.1) is 27.7 Å². The van der Waals surface area contributed by atoms with Crippen molar-refractivity contribution in [2.75, 3.05) is 7.05 Å². The zero-order valence-corrected chi connectivity index (χ0v) is 12.4. The van der Waals surface area contributed by atoms with E-state index < -0.39 is 0 Å². The molecule has 0 aliphatic heterocycles. The first-order valence-electron chi connectivity index (χ1n) is 3.33. The fourth-order valence-corrected chi connectivity index (χ4v) is 0. The molecule has 0 unspecified atom stereocenters. The Kier molecular flexibility index (Phi) is 5640. The summed E-state index contributed by atoms with van der Waals surface area (Å²) in [5.74, 6) is 0. The molecule has 2 heteroatoms. The van der Waals surface area contributed by atoms with Crippen LogP contribution in [0.25, 0.3) is 5.73 Å². The molecule has 0 radical (unpaired) electrons. The summed E-state index contributed by atoms with van der Waals surface area (Å²) in [6.45, 7) is 20.0. The smallest absolute Gasteiger partial charge is 0 e. The van der Waals surface area contributed by atoms with Gasteiger partial charge in [0.2, 0.25) is 0 Å². The number of rotatable bonds is 0. The summed E-state index contributed by atoms with van der Waals surface area (Å²) in [5.41, 5.74) is 5.75. The van der Waals surface area contributed by atoms with E-state index in [0.717, 1.165) is 0 Å². The molecule has 0 atom stereocenters. The van der Waals surface area contributed by atoms with Gasteiger partial charge in [-0.3, -0.25) is 0 Å². The Hall–Kier alpha value is 0.830. The fraction of sp³-hybridized carbons (Fsp3) is 0.556. The third-order valence-electron chi connectivity index (χ3n) is 0. The van der Waals surface area contributed by atoms with Crippen LogP contribution in [0.2, 0.25) is 0 Å². The third-order valence-corrected chi connectivity index (χ3v) is 0. The van der Waals surface area contributed by atoms with E-state index in [1.165, 1.54) is 7.05 Å². The van der Waals surface area contributed by atoms with Gasteiger partial charge in [-0.25, -0.2) is 0 Å². The Morgan fingerprint density at radius 1 is 0.545 bits per heavy atom. The van der Waals surface area contributed by atoms with Crippen molar-refractivity contribution in [1.82, 2.24) is 0 Å². The molecule has 0 aromatic carbocycles. The maximum absolute atomic E-state index is 5.75. The largest absolute Gasteiger partial charge is 0.680 e. The molecule has 0 saturated heterocycles. The van der Waals surface area contributed by atoms with Crippen LogP contribution >= 0.6 is 0 Å². The summed E-state index contributed by atoms with van der Waals surface area (Å²) < 4.78 is 0. The first-order chi connectivity index (χ1) is 5.00. The molecule has 0 aliphatic rings. The van der Waals surface area contributed by atoms with Gasteiger partial charge >= 0.3 is 0 Å². The van der Waals surface area contributed by atoms with Gasteiger partial charge in [0.25, 0.3) is 0 Å². The molecule has 0 bridgehead atoms. The van der Waals surface area contributed by atoms with Crippen LogP contribution in [0.15, 0.2) is 0 Å². The average Bonchev–Trinajstić information content (AvgIpc) is 2.20. The predicted octanol–water partition coefficient (Wildman–Crippen LogP) is 4.03. The molecule has 0 aromatic rings. The van der Waals surface area contributed by atoms with Gasteiger partial charge in [0.1, 0.15) is 0 Å². The Morgan fingerprint density at radius 2 is 0.545 bits per heavy atom. The molecule has 0 aromatic heterocycles. The molecular formula is C9H24HfN-5. The van der Waals surface area contributed by atoms with Crippen LogP contribution in [0.3, 0.4) is 0 Å². The Labute approximate surface area is 93.9 Å². The molecule has 1 nitrogen and oxygen atoms in total. The SMILES string of the molecule is C[NH-].[CH2-]C.[CH2-]C.[CH2-]C.[CH2-]C.[Hf]. The topological polar surface area (TPSA) is 23.8 Å². The van der Waals surface area contributed by atoms with Crippen LogP contribution in [-0.2, 0) is 25.8 Å². The first-order valence-corrected chi connectivity index (χ1v) is 3.33. The van der Waals surface area contributed by atoms with Crippen molar-refractivity contribution in [3.63, 3.8) is 0 Å². The normalized spacial score (nSPS) is 2.73. The van der Waals surface area contributed by atoms with Crippen LogP contribution in [0.4, 0.5) is 0 Å². The predicted molar refractivity (Wildman–Crippen MR) is 54.4 cm³/mol. The van der Waals surface area contributed by atoms with E-state index in [0.29, 0.717) is 0 Å². The fourth-order valence-electron chi connectivity index (χ4n) is 0. The van der Waals surface area contributed by atoms with Gasteiger partial charge in [-0.2, -0.15) is 34.7 Å². The quantitative estimate of drug-likeness (QED) is 0.474. The van der Waals surface area contributed by atoms with E-state index in [1.54, 1.807) is 27.7 Å². The zero-order chi connectivity index (χ0) is 10.0. The van der Waals surface area contributed by atoms with Gasteiger partial charge < -0.3 is 33.4 Å². The van der Waals surface area contributed by atoms with Crippen molar-refractivity contribution in [2.24, 2.45) is 0 Å². The van der Waals surface area contributed by atoms with Crippen molar-refractivity contribution in [1.29, 1.82) is 0 Å². The minimum Gasteiger partial charge on any atom is -0.680 e. The van der Waals surface area contributed by atoms with Gasteiger partial charge in [0, 0.05) is 25.8 Å². The second-order valence-corrected chi connectivity index (χ2v) is 0. The summed E-state index contributed by atoms with van der Waals surface area (Å²) in [4.78, 5) is 0. The Balaban J connectivity index is -0.00000000694. The van der Waals surface area contributed by atoms with Gasteiger partial charge in [-0.1, -0.05) is 0 Å². The van der Waals surface area contributed by atoms with Crippen molar-refractivity contribution >= 4 is 0 Å². The molecular weight excluding hydrogens is 301 g/mol. The molecule has 0 fully saturated rings. The summed E-state index contributed by atoms with van der Waals surface area (Å²) in [6, 6.07) is 0. The summed E-state index contributed by atoms with van der Waals surface area (Å²) in [7, 11) is 1.25. The van der Waals surface area contributed by atoms with E-state index in [4.69, 9.17) is 5.73 Å². The monoisotopic (exact) mass is 326 g/mol. The molecule has 0 aliphatic carbocycles. The van der Waals surface area contributed by atoms with Crippen LogP contribution < -0.4 is 0 Å². The molecule has 0 rings (SSSR count). The van der Waals surface area contributed by atoms with Crippen molar-refractivity contribution in [3.8, 4) is 0 Å². The van der Waals surface area contributed by atoms with Crippen molar-refractivity contribution in [2.45, 2.75) is 27.7 Å². The summed E-state index contributed by atoms with van der Waals surface area (Å²) in [6.07, 6.45) is 0. The molecule has 11 heavy (non-hydrogen) atoms. The van der Waals surface area contributed by atoms with Crippen molar-refractivity contribution < 1.29 is 25.8 Å². The standard InChI is InChI=1S/4C2H5.CH4N.Hf/c5*1-2;/h4*1H2,2H3;2H,1H3;/q5*-1;. The minimum absolute atomic E-state index is 0. The maximum Gasteiger partial charge on any atom is 0 e. The average molecular weight is 325 g/mol. The van der Waals surface area contributed by atoms with Crippen LogP contribution in [0.5, 0.6) is 0 Å². The van der Waals surface area contributed by atoms with E-state index in [-0.39, 0.29) is 25.8 Å². The number of hydrogen-bond acceptors (Lipinski definition) is 0. The first kappa shape index (κ1) is 40.8. The van der Waals surface area contributed by atoms with E-state index in [1.807, 2.05) is 0 Å². The van der Waals surface area contributed by atoms with Gasteiger partial charge in [-0.05, 0) is 0 Å². The second kappa shape index (κ2) is 1520. The van der Waals surface area contributed by atoms with Crippen LogP contribution in [-0.4, -0.2) is 7.05 Å². The molecule has 0 spiro atoms. The zero-order valence-electron chi connectivity index (χ0n) is 8.83. The van der Waals surface area contributed by atoms with Crippen molar-refractivity contribution in [3.05, 3.63) is 33.4 Å². The number of nitrogens with one attached hydrogen (secondary N) is 1. The van der Waals surface area contributed by atoms with Crippen LogP contribution in [0.1, 0.15) is 27.7 Å².